The van der Waals surface area contributed by atoms with Gasteiger partial charge in [0.05, 0.1) is 11.5 Å². The number of anilines is 2. The van der Waals surface area contributed by atoms with Gasteiger partial charge in [-0.3, -0.25) is 9.59 Å². The molecule has 2 aromatic carbocycles. The Labute approximate surface area is 218 Å². The fourth-order valence-corrected chi connectivity index (χ4v) is 5.15. The van der Waals surface area contributed by atoms with E-state index < -0.39 is 11.7 Å². The third-order valence-electron chi connectivity index (χ3n) is 7.31. The normalized spacial score (nSPS) is 18.4. The van der Waals surface area contributed by atoms with E-state index in [0.29, 0.717) is 19.6 Å². The minimum absolute atomic E-state index is 0.0226. The number of nitrogens with zero attached hydrogens (tertiary/aromatic N) is 4. The van der Waals surface area contributed by atoms with Crippen molar-refractivity contribution in [3.05, 3.63) is 83.6 Å². The van der Waals surface area contributed by atoms with Crippen LogP contribution in [-0.2, 0) is 11.0 Å². The number of carbonyl (C=O) groups excluding carboxylic acids is 2. The molecule has 1 aromatic heterocycles. The maximum Gasteiger partial charge on any atom is 0.416 e. The summed E-state index contributed by atoms with van der Waals surface area (Å²) >= 11 is 0. The molecule has 1 N–H and O–H groups in total. The van der Waals surface area contributed by atoms with E-state index >= 15 is 0 Å². The summed E-state index contributed by atoms with van der Waals surface area (Å²) < 4.78 is 39.0. The number of aromatic nitrogens is 2. The van der Waals surface area contributed by atoms with Gasteiger partial charge in [0.25, 0.3) is 5.91 Å². The second-order valence-electron chi connectivity index (χ2n) is 9.77. The first-order valence-electron chi connectivity index (χ1n) is 12.7. The van der Waals surface area contributed by atoms with E-state index in [1.54, 1.807) is 11.1 Å². The summed E-state index contributed by atoms with van der Waals surface area (Å²) in [5.74, 6) is 0.480. The highest BCUT2D eigenvalue weighted by Crippen LogP contribution is 2.32. The third kappa shape index (κ3) is 5.79. The highest BCUT2D eigenvalue weighted by atomic mass is 19.4. The summed E-state index contributed by atoms with van der Waals surface area (Å²) in [6.07, 6.45) is -0.674. The van der Waals surface area contributed by atoms with Crippen molar-refractivity contribution in [1.29, 1.82) is 0 Å². The van der Waals surface area contributed by atoms with Gasteiger partial charge in [0, 0.05) is 43.6 Å². The van der Waals surface area contributed by atoms with Gasteiger partial charge in [0.1, 0.15) is 0 Å². The topological polar surface area (TPSA) is 78.4 Å². The standard InChI is InChI=1S/C28H28F3N5O2/c29-28(30,31)23-4-1-3-21(17-23)27(38)35-14-10-20(11-15-35)19-6-8-24(9-7-19)33-26(37)22-12-16-36(18-22)25-5-2-13-32-34-25/h1-9,13,17,20,22H,10-12,14-16,18H2,(H,33,37)/t22-/m0/s1. The zero-order chi connectivity index (χ0) is 26.7. The van der Waals surface area contributed by atoms with E-state index in [9.17, 15) is 22.8 Å². The van der Waals surface area contributed by atoms with Crippen molar-refractivity contribution < 1.29 is 22.8 Å². The second kappa shape index (κ2) is 10.8. The van der Waals surface area contributed by atoms with Crippen LogP contribution in [0.3, 0.4) is 0 Å². The van der Waals surface area contributed by atoms with Gasteiger partial charge < -0.3 is 15.1 Å². The Morgan fingerprint density at radius 3 is 2.37 bits per heavy atom. The van der Waals surface area contributed by atoms with E-state index in [2.05, 4.69) is 20.4 Å². The van der Waals surface area contributed by atoms with Crippen molar-refractivity contribution in [3.63, 3.8) is 0 Å². The monoisotopic (exact) mass is 523 g/mol. The fourth-order valence-electron chi connectivity index (χ4n) is 5.15. The molecule has 2 fully saturated rings. The number of carbonyl (C=O) groups is 2. The summed E-state index contributed by atoms with van der Waals surface area (Å²) in [5, 5.41) is 11.0. The molecule has 2 saturated heterocycles. The average molecular weight is 524 g/mol. The summed E-state index contributed by atoms with van der Waals surface area (Å²) in [5.41, 5.74) is 1.08. The Morgan fingerprint density at radius 1 is 0.921 bits per heavy atom. The first-order valence-corrected chi connectivity index (χ1v) is 12.7. The number of halogens is 3. The van der Waals surface area contributed by atoms with Crippen LogP contribution < -0.4 is 10.2 Å². The SMILES string of the molecule is O=C(Nc1ccc(C2CCN(C(=O)c3cccc(C(F)(F)F)c3)CC2)cc1)[C@H]1CCN(c2cccnn2)C1. The molecule has 3 aromatic rings. The van der Waals surface area contributed by atoms with Gasteiger partial charge in [0.2, 0.25) is 5.91 Å². The van der Waals surface area contributed by atoms with Gasteiger partial charge in [0.15, 0.2) is 5.82 Å². The number of likely N-dealkylation sites (tertiary alicyclic amines) is 1. The molecule has 7 nitrogen and oxygen atoms in total. The maximum absolute atomic E-state index is 13.0. The lowest BCUT2D eigenvalue weighted by Gasteiger charge is -2.32. The Hall–Kier alpha value is -3.95. The molecule has 2 amide bonds. The smallest absolute Gasteiger partial charge is 0.354 e. The highest BCUT2D eigenvalue weighted by Gasteiger charge is 2.32. The molecule has 0 aliphatic carbocycles. The summed E-state index contributed by atoms with van der Waals surface area (Å²) in [4.78, 5) is 29.3. The number of amides is 2. The molecule has 198 valence electrons. The average Bonchev–Trinajstić information content (AvgIpc) is 3.44. The van der Waals surface area contributed by atoms with E-state index in [4.69, 9.17) is 0 Å². The predicted octanol–water partition coefficient (Wildman–Crippen LogP) is 4.98. The van der Waals surface area contributed by atoms with E-state index in [-0.39, 0.29) is 29.2 Å². The first-order chi connectivity index (χ1) is 18.3. The Morgan fingerprint density at radius 2 is 1.68 bits per heavy atom. The van der Waals surface area contributed by atoms with Crippen molar-refractivity contribution in [2.24, 2.45) is 5.92 Å². The van der Waals surface area contributed by atoms with Crippen LogP contribution in [0.15, 0.2) is 66.9 Å². The lowest BCUT2D eigenvalue weighted by molar-refractivity contribution is -0.137. The minimum atomic E-state index is -4.48. The molecule has 0 radical (unpaired) electrons. The van der Waals surface area contributed by atoms with Gasteiger partial charge in [-0.2, -0.15) is 18.3 Å². The Bertz CT molecular complexity index is 1280. The molecule has 5 rings (SSSR count). The summed E-state index contributed by atoms with van der Waals surface area (Å²) in [7, 11) is 0. The predicted molar refractivity (Wildman–Crippen MR) is 137 cm³/mol. The van der Waals surface area contributed by atoms with Crippen LogP contribution in [0.4, 0.5) is 24.7 Å². The van der Waals surface area contributed by atoms with Crippen LogP contribution >= 0.6 is 0 Å². The maximum atomic E-state index is 13.0. The molecule has 3 heterocycles. The van der Waals surface area contributed by atoms with Crippen molar-refractivity contribution in [1.82, 2.24) is 15.1 Å². The van der Waals surface area contributed by atoms with Gasteiger partial charge >= 0.3 is 6.18 Å². The van der Waals surface area contributed by atoms with Gasteiger partial charge in [-0.15, -0.1) is 5.10 Å². The molecule has 0 unspecified atom stereocenters. The Kier molecular flexibility index (Phi) is 7.31. The zero-order valence-electron chi connectivity index (χ0n) is 20.7. The number of rotatable bonds is 5. The van der Waals surface area contributed by atoms with Crippen LogP contribution in [0, 0.1) is 5.92 Å². The third-order valence-corrected chi connectivity index (χ3v) is 7.31. The molecular weight excluding hydrogens is 495 g/mol. The van der Waals surface area contributed by atoms with Gasteiger partial charge in [-0.1, -0.05) is 18.2 Å². The second-order valence-corrected chi connectivity index (χ2v) is 9.77. The highest BCUT2D eigenvalue weighted by molar-refractivity contribution is 5.94. The molecular formula is C28H28F3N5O2. The number of benzene rings is 2. The lowest BCUT2D eigenvalue weighted by atomic mass is 9.89. The first kappa shape index (κ1) is 25.7. The van der Waals surface area contributed by atoms with Crippen LogP contribution in [-0.4, -0.2) is 53.1 Å². The molecule has 2 aliphatic rings. The van der Waals surface area contributed by atoms with Crippen LogP contribution in [0.2, 0.25) is 0 Å². The van der Waals surface area contributed by atoms with Crippen molar-refractivity contribution in [2.45, 2.75) is 31.4 Å². The number of piperidine rings is 1. The van der Waals surface area contributed by atoms with Crippen LogP contribution in [0.1, 0.15) is 46.7 Å². The molecule has 2 aliphatic heterocycles. The van der Waals surface area contributed by atoms with E-state index in [0.717, 1.165) is 55.0 Å². The van der Waals surface area contributed by atoms with Gasteiger partial charge in [-0.25, -0.2) is 0 Å². The minimum Gasteiger partial charge on any atom is -0.354 e. The lowest BCUT2D eigenvalue weighted by Crippen LogP contribution is -2.38. The quantitative estimate of drug-likeness (QED) is 0.511. The van der Waals surface area contributed by atoms with E-state index in [1.807, 2.05) is 36.4 Å². The zero-order valence-corrected chi connectivity index (χ0v) is 20.7. The molecule has 38 heavy (non-hydrogen) atoms. The summed E-state index contributed by atoms with van der Waals surface area (Å²) in [6.45, 7) is 2.30. The molecule has 0 spiro atoms. The van der Waals surface area contributed by atoms with Crippen LogP contribution in [0.5, 0.6) is 0 Å². The number of alkyl halides is 3. The Balaban J connectivity index is 1.12. The van der Waals surface area contributed by atoms with Gasteiger partial charge in [-0.05, 0) is 73.2 Å². The van der Waals surface area contributed by atoms with Crippen molar-refractivity contribution in [2.75, 3.05) is 36.4 Å². The molecule has 0 bridgehead atoms. The van der Waals surface area contributed by atoms with Crippen molar-refractivity contribution >= 4 is 23.3 Å². The molecule has 10 heteroatoms. The number of hydrogen-bond acceptors (Lipinski definition) is 5. The number of nitrogens with one attached hydrogen (secondary N) is 1. The summed E-state index contributed by atoms with van der Waals surface area (Å²) in [6, 6.07) is 16.1. The fraction of sp³-hybridized carbons (Fsp3) is 0.357. The van der Waals surface area contributed by atoms with E-state index in [1.165, 1.54) is 12.1 Å². The van der Waals surface area contributed by atoms with Crippen LogP contribution in [0.25, 0.3) is 0 Å². The molecule has 0 saturated carbocycles. The van der Waals surface area contributed by atoms with Crippen molar-refractivity contribution in [3.8, 4) is 0 Å². The molecule has 1 atom stereocenters. The number of hydrogen-bond donors (Lipinski definition) is 1. The largest absolute Gasteiger partial charge is 0.416 e.